The normalized spacial score (nSPS) is 14.4. The monoisotopic (exact) mass is 447 g/mol. The highest BCUT2D eigenvalue weighted by atomic mass is 16.5. The lowest BCUT2D eigenvalue weighted by molar-refractivity contribution is -0.128. The van der Waals surface area contributed by atoms with Gasteiger partial charge in [0, 0.05) is 5.56 Å². The highest BCUT2D eigenvalue weighted by molar-refractivity contribution is 5.81. The minimum atomic E-state index is -0.570. The van der Waals surface area contributed by atoms with Gasteiger partial charge in [0.1, 0.15) is 5.75 Å². The second-order valence-corrected chi connectivity index (χ2v) is 9.71. The Morgan fingerprint density at radius 3 is 2.52 bits per heavy atom. The number of hydrogen-bond donors (Lipinski definition) is 1. The highest BCUT2D eigenvalue weighted by Crippen LogP contribution is 2.27. The number of carbonyl (C=O) groups is 1. The van der Waals surface area contributed by atoms with Crippen molar-refractivity contribution in [2.45, 2.75) is 77.9 Å². The fourth-order valence-electron chi connectivity index (χ4n) is 4.11. The zero-order valence-electron chi connectivity index (χ0n) is 20.0. The molecule has 2 aromatic carbocycles. The molecule has 0 spiro atoms. The third-order valence-electron chi connectivity index (χ3n) is 6.15. The maximum absolute atomic E-state index is 12.7. The lowest BCUT2D eigenvalue weighted by Gasteiger charge is -2.20. The summed E-state index contributed by atoms with van der Waals surface area (Å²) in [5.74, 6) is 1.43. The molecule has 1 aliphatic rings. The standard InChI is InChI=1S/C27H33N3O3/c1-5-23(32-22-15-12-18-8-6-7-9-20(18)16-22)26(31)28-17-24-29-25(30-33-24)19-10-13-21(14-11-19)27(2,3)4/h10-16,23H,5-9,17H2,1-4H3,(H,28,31)/t23-/m0/s1. The zero-order chi connectivity index (χ0) is 23.4. The molecule has 0 bridgehead atoms. The van der Waals surface area contributed by atoms with E-state index in [-0.39, 0.29) is 17.9 Å². The topological polar surface area (TPSA) is 77.2 Å². The van der Waals surface area contributed by atoms with Crippen molar-refractivity contribution < 1.29 is 14.1 Å². The predicted octanol–water partition coefficient (Wildman–Crippen LogP) is 5.39. The fourth-order valence-corrected chi connectivity index (χ4v) is 4.11. The molecule has 0 radical (unpaired) electrons. The molecular weight excluding hydrogens is 414 g/mol. The van der Waals surface area contributed by atoms with Crippen molar-refractivity contribution >= 4 is 5.91 Å². The number of aryl methyl sites for hydroxylation is 2. The SMILES string of the molecule is CC[C@H](Oc1ccc2c(c1)CCCC2)C(=O)NCc1nc(-c2ccc(C(C)(C)C)cc2)no1. The Kier molecular flexibility index (Phi) is 6.82. The molecule has 6 heteroatoms. The molecule has 174 valence electrons. The number of rotatable bonds is 7. The molecule has 1 aliphatic carbocycles. The van der Waals surface area contributed by atoms with Gasteiger partial charge in [-0.3, -0.25) is 4.79 Å². The third kappa shape index (κ3) is 5.62. The van der Waals surface area contributed by atoms with Gasteiger partial charge in [0.05, 0.1) is 6.54 Å². The Bertz CT molecular complexity index is 1100. The summed E-state index contributed by atoms with van der Waals surface area (Å²) in [5.41, 5.74) is 4.94. The Balaban J connectivity index is 1.34. The lowest BCUT2D eigenvalue weighted by Crippen LogP contribution is -2.37. The molecule has 6 nitrogen and oxygen atoms in total. The van der Waals surface area contributed by atoms with Gasteiger partial charge in [-0.15, -0.1) is 0 Å². The van der Waals surface area contributed by atoms with E-state index in [0.717, 1.165) is 24.2 Å². The van der Waals surface area contributed by atoms with Gasteiger partial charge in [0.25, 0.3) is 5.91 Å². The van der Waals surface area contributed by atoms with Crippen LogP contribution in [0.5, 0.6) is 5.75 Å². The van der Waals surface area contributed by atoms with E-state index < -0.39 is 6.10 Å². The lowest BCUT2D eigenvalue weighted by atomic mass is 9.87. The Morgan fingerprint density at radius 1 is 1.09 bits per heavy atom. The second kappa shape index (κ2) is 9.77. The number of nitrogens with zero attached hydrogens (tertiary/aromatic N) is 2. The number of benzene rings is 2. The third-order valence-corrected chi connectivity index (χ3v) is 6.15. The predicted molar refractivity (Wildman–Crippen MR) is 128 cm³/mol. The molecule has 0 saturated carbocycles. The second-order valence-electron chi connectivity index (χ2n) is 9.71. The molecule has 4 rings (SSSR count). The number of carbonyl (C=O) groups excluding carboxylic acids is 1. The van der Waals surface area contributed by atoms with E-state index >= 15 is 0 Å². The van der Waals surface area contributed by atoms with Crippen molar-refractivity contribution in [1.82, 2.24) is 15.5 Å². The molecule has 0 unspecified atom stereocenters. The van der Waals surface area contributed by atoms with Gasteiger partial charge in [-0.1, -0.05) is 63.2 Å². The number of nitrogens with one attached hydrogen (secondary N) is 1. The number of ether oxygens (including phenoxy) is 1. The van der Waals surface area contributed by atoms with Crippen LogP contribution in [0, 0.1) is 0 Å². The van der Waals surface area contributed by atoms with Crippen LogP contribution in [0.4, 0.5) is 0 Å². The van der Waals surface area contributed by atoms with Gasteiger partial charge in [0.2, 0.25) is 11.7 Å². The average molecular weight is 448 g/mol. The zero-order valence-corrected chi connectivity index (χ0v) is 20.0. The van der Waals surface area contributed by atoms with E-state index in [2.05, 4.69) is 60.5 Å². The maximum Gasteiger partial charge on any atom is 0.261 e. The van der Waals surface area contributed by atoms with Crippen molar-refractivity contribution in [3.8, 4) is 17.1 Å². The summed E-state index contributed by atoms with van der Waals surface area (Å²) < 4.78 is 11.4. The van der Waals surface area contributed by atoms with E-state index in [4.69, 9.17) is 9.26 Å². The van der Waals surface area contributed by atoms with Crippen LogP contribution >= 0.6 is 0 Å². The minimum Gasteiger partial charge on any atom is -0.481 e. The van der Waals surface area contributed by atoms with E-state index in [1.165, 1.54) is 29.5 Å². The van der Waals surface area contributed by atoms with Crippen LogP contribution in [0.3, 0.4) is 0 Å². The first-order chi connectivity index (χ1) is 15.8. The van der Waals surface area contributed by atoms with Crippen LogP contribution in [0.2, 0.25) is 0 Å². The van der Waals surface area contributed by atoms with Crippen molar-refractivity contribution in [2.75, 3.05) is 0 Å². The molecule has 1 amide bonds. The van der Waals surface area contributed by atoms with Gasteiger partial charge in [-0.25, -0.2) is 0 Å². The fraction of sp³-hybridized carbons (Fsp3) is 0.444. The summed E-state index contributed by atoms with van der Waals surface area (Å²) in [7, 11) is 0. The summed E-state index contributed by atoms with van der Waals surface area (Å²) in [5, 5.41) is 6.93. The maximum atomic E-state index is 12.7. The van der Waals surface area contributed by atoms with E-state index in [0.29, 0.717) is 18.1 Å². The summed E-state index contributed by atoms with van der Waals surface area (Å²) in [4.78, 5) is 17.2. The first-order valence-corrected chi connectivity index (χ1v) is 11.8. The van der Waals surface area contributed by atoms with Crippen LogP contribution in [-0.2, 0) is 29.6 Å². The van der Waals surface area contributed by atoms with Gasteiger partial charge in [0.15, 0.2) is 6.10 Å². The average Bonchev–Trinajstić information content (AvgIpc) is 3.29. The van der Waals surface area contributed by atoms with E-state index in [1.807, 2.05) is 25.1 Å². The Hall–Kier alpha value is -3.15. The quantitative estimate of drug-likeness (QED) is 0.526. The van der Waals surface area contributed by atoms with Crippen molar-refractivity contribution in [3.63, 3.8) is 0 Å². The van der Waals surface area contributed by atoms with E-state index in [9.17, 15) is 4.79 Å². The Morgan fingerprint density at radius 2 is 1.82 bits per heavy atom. The molecule has 0 fully saturated rings. The van der Waals surface area contributed by atoms with Crippen molar-refractivity contribution in [2.24, 2.45) is 0 Å². The smallest absolute Gasteiger partial charge is 0.261 e. The summed E-state index contributed by atoms with van der Waals surface area (Å²) >= 11 is 0. The molecule has 33 heavy (non-hydrogen) atoms. The minimum absolute atomic E-state index is 0.0855. The van der Waals surface area contributed by atoms with Gasteiger partial charge >= 0.3 is 0 Å². The van der Waals surface area contributed by atoms with Crippen LogP contribution in [-0.4, -0.2) is 22.2 Å². The first kappa shape index (κ1) is 23.0. The number of hydrogen-bond acceptors (Lipinski definition) is 5. The van der Waals surface area contributed by atoms with Crippen molar-refractivity contribution in [3.05, 3.63) is 65.0 Å². The van der Waals surface area contributed by atoms with Gasteiger partial charge < -0.3 is 14.6 Å². The number of aromatic nitrogens is 2. The molecule has 1 heterocycles. The molecule has 0 aliphatic heterocycles. The highest BCUT2D eigenvalue weighted by Gasteiger charge is 2.21. The van der Waals surface area contributed by atoms with Crippen LogP contribution < -0.4 is 10.1 Å². The molecule has 1 N–H and O–H groups in total. The molecule has 3 aromatic rings. The van der Waals surface area contributed by atoms with Crippen LogP contribution in [0.1, 0.15) is 69.5 Å². The molecular formula is C27H33N3O3. The largest absolute Gasteiger partial charge is 0.481 e. The molecule has 1 aromatic heterocycles. The first-order valence-electron chi connectivity index (χ1n) is 11.8. The van der Waals surface area contributed by atoms with Gasteiger partial charge in [-0.05, 0) is 66.3 Å². The molecule has 1 atom stereocenters. The molecule has 0 saturated heterocycles. The van der Waals surface area contributed by atoms with E-state index in [1.54, 1.807) is 0 Å². The van der Waals surface area contributed by atoms with Crippen LogP contribution in [0.25, 0.3) is 11.4 Å². The van der Waals surface area contributed by atoms with Crippen molar-refractivity contribution in [1.29, 1.82) is 0 Å². The Labute approximate surface area is 195 Å². The number of fused-ring (bicyclic) bond motifs is 1. The van der Waals surface area contributed by atoms with Crippen LogP contribution in [0.15, 0.2) is 47.0 Å². The summed E-state index contributed by atoms with van der Waals surface area (Å²) in [6.45, 7) is 8.63. The summed E-state index contributed by atoms with van der Waals surface area (Å²) in [6.07, 6.45) is 4.65. The number of amides is 1. The summed E-state index contributed by atoms with van der Waals surface area (Å²) in [6, 6.07) is 14.3. The van der Waals surface area contributed by atoms with Gasteiger partial charge in [-0.2, -0.15) is 4.98 Å².